The van der Waals surface area contributed by atoms with Crippen molar-refractivity contribution in [1.29, 1.82) is 0 Å². The molecule has 0 aliphatic heterocycles. The lowest BCUT2D eigenvalue weighted by atomic mass is 10.0. The highest BCUT2D eigenvalue weighted by atomic mass is 32.1. The molecule has 0 bridgehead atoms. The summed E-state index contributed by atoms with van der Waals surface area (Å²) in [4.78, 5) is 29.9. The fourth-order valence-corrected chi connectivity index (χ4v) is 4.93. The number of thiophene rings is 1. The summed E-state index contributed by atoms with van der Waals surface area (Å²) in [6.07, 6.45) is 0.640. The molecule has 0 spiro atoms. The third-order valence-corrected chi connectivity index (χ3v) is 6.70. The molecule has 0 radical (unpaired) electrons. The molecular weight excluding hydrogens is 458 g/mol. The summed E-state index contributed by atoms with van der Waals surface area (Å²) in [7, 11) is 0. The van der Waals surface area contributed by atoms with Gasteiger partial charge in [0.25, 0.3) is 0 Å². The van der Waals surface area contributed by atoms with Crippen molar-refractivity contribution >= 4 is 34.2 Å². The molecule has 4 rings (SSSR count). The summed E-state index contributed by atoms with van der Waals surface area (Å²) in [6, 6.07) is 18.8. The van der Waals surface area contributed by atoms with Gasteiger partial charge >= 0.3 is 0 Å². The third kappa shape index (κ3) is 5.95. The van der Waals surface area contributed by atoms with Gasteiger partial charge in [0.15, 0.2) is 0 Å². The fraction of sp³-hybridized carbons (Fsp3) is 0.333. The number of nitrogens with one attached hydrogen (secondary N) is 1. The molecule has 182 valence electrons. The van der Waals surface area contributed by atoms with Crippen molar-refractivity contribution in [3.8, 4) is 0 Å². The summed E-state index contributed by atoms with van der Waals surface area (Å²) in [5.41, 5.74) is 3.39. The Bertz CT molecular complexity index is 1310. The fourth-order valence-electron chi connectivity index (χ4n) is 4.09. The zero-order valence-electron chi connectivity index (χ0n) is 20.6. The molecule has 0 saturated carbocycles. The normalized spacial score (nSPS) is 12.5. The summed E-state index contributed by atoms with van der Waals surface area (Å²) < 4.78 is 1.60. The van der Waals surface area contributed by atoms with E-state index in [-0.39, 0.29) is 18.4 Å². The molecule has 1 N–H and O–H groups in total. The Morgan fingerprint density at radius 1 is 1.06 bits per heavy atom. The number of hydrogen-bond donors (Lipinski definition) is 1. The Balaban J connectivity index is 1.68. The van der Waals surface area contributed by atoms with Crippen LogP contribution < -0.4 is 5.32 Å². The van der Waals surface area contributed by atoms with Gasteiger partial charge in [-0.25, -0.2) is 4.68 Å². The van der Waals surface area contributed by atoms with Crippen LogP contribution in [-0.4, -0.2) is 43.8 Å². The summed E-state index contributed by atoms with van der Waals surface area (Å²) >= 11 is 1.48. The highest BCUT2D eigenvalue weighted by molar-refractivity contribution is 7.10. The molecule has 8 heteroatoms. The molecule has 0 aliphatic rings. The van der Waals surface area contributed by atoms with E-state index in [1.807, 2.05) is 74.7 Å². The average molecular weight is 490 g/mol. The monoisotopic (exact) mass is 489 g/mol. The van der Waals surface area contributed by atoms with Crippen LogP contribution in [0, 0.1) is 6.92 Å². The predicted molar refractivity (Wildman–Crippen MR) is 139 cm³/mol. The van der Waals surface area contributed by atoms with Crippen LogP contribution >= 0.6 is 11.3 Å². The van der Waals surface area contributed by atoms with Crippen molar-refractivity contribution in [3.05, 3.63) is 82.0 Å². The SMILES string of the molecule is Cc1ccccc1CCN(C(=O)Cn1nnc2ccccc21)[C@@H](C(=O)NC(C)(C)C)c1cccs1. The van der Waals surface area contributed by atoms with Crippen LogP contribution in [-0.2, 0) is 22.6 Å². The van der Waals surface area contributed by atoms with Gasteiger partial charge in [-0.3, -0.25) is 9.59 Å². The van der Waals surface area contributed by atoms with Gasteiger partial charge in [-0.2, -0.15) is 0 Å². The molecule has 7 nitrogen and oxygen atoms in total. The summed E-state index contributed by atoms with van der Waals surface area (Å²) in [5, 5.41) is 13.4. The average Bonchev–Trinajstić information content (AvgIpc) is 3.47. The van der Waals surface area contributed by atoms with Crippen LogP contribution in [0.25, 0.3) is 11.0 Å². The van der Waals surface area contributed by atoms with Crippen LogP contribution in [0.1, 0.15) is 42.8 Å². The van der Waals surface area contributed by atoms with E-state index in [1.165, 1.54) is 11.3 Å². The first-order valence-electron chi connectivity index (χ1n) is 11.7. The maximum absolute atomic E-state index is 13.8. The Morgan fingerprint density at radius 2 is 1.80 bits per heavy atom. The first kappa shape index (κ1) is 24.6. The van der Waals surface area contributed by atoms with Gasteiger partial charge in [0, 0.05) is 17.0 Å². The summed E-state index contributed by atoms with van der Waals surface area (Å²) in [6.45, 7) is 8.29. The number of para-hydroxylation sites is 1. The van der Waals surface area contributed by atoms with Gasteiger partial charge < -0.3 is 10.2 Å². The molecule has 0 saturated heterocycles. The number of benzene rings is 2. The number of carbonyl (C=O) groups is 2. The van der Waals surface area contributed by atoms with E-state index in [1.54, 1.807) is 9.58 Å². The number of fused-ring (bicyclic) bond motifs is 1. The first-order chi connectivity index (χ1) is 16.7. The lowest BCUT2D eigenvalue weighted by Gasteiger charge is -2.33. The second-order valence-corrected chi connectivity index (χ2v) is 10.6. The number of amides is 2. The smallest absolute Gasteiger partial charge is 0.248 e. The van der Waals surface area contributed by atoms with E-state index in [0.29, 0.717) is 13.0 Å². The molecule has 4 aromatic rings. The van der Waals surface area contributed by atoms with E-state index in [4.69, 9.17) is 0 Å². The van der Waals surface area contributed by atoms with Gasteiger partial charge in [0.1, 0.15) is 18.1 Å². The maximum Gasteiger partial charge on any atom is 0.248 e. The largest absolute Gasteiger partial charge is 0.349 e. The van der Waals surface area contributed by atoms with Crippen molar-refractivity contribution in [2.45, 2.75) is 52.2 Å². The number of carbonyl (C=O) groups excluding carboxylic acids is 2. The van der Waals surface area contributed by atoms with Crippen LogP contribution in [0.3, 0.4) is 0 Å². The molecule has 2 heterocycles. The lowest BCUT2D eigenvalue weighted by molar-refractivity contribution is -0.142. The van der Waals surface area contributed by atoms with E-state index >= 15 is 0 Å². The van der Waals surface area contributed by atoms with Crippen LogP contribution in [0.4, 0.5) is 0 Å². The van der Waals surface area contributed by atoms with E-state index in [9.17, 15) is 9.59 Å². The van der Waals surface area contributed by atoms with Crippen molar-refractivity contribution in [2.24, 2.45) is 0 Å². The number of hydrogen-bond acceptors (Lipinski definition) is 5. The maximum atomic E-state index is 13.8. The predicted octanol–water partition coefficient (Wildman–Crippen LogP) is 4.53. The molecule has 0 aliphatic carbocycles. The third-order valence-electron chi connectivity index (χ3n) is 5.78. The molecule has 2 aromatic carbocycles. The second kappa shape index (κ2) is 10.4. The zero-order valence-corrected chi connectivity index (χ0v) is 21.4. The highest BCUT2D eigenvalue weighted by Crippen LogP contribution is 2.28. The van der Waals surface area contributed by atoms with Crippen molar-refractivity contribution in [1.82, 2.24) is 25.2 Å². The number of aryl methyl sites for hydroxylation is 1. The number of rotatable bonds is 8. The van der Waals surface area contributed by atoms with Crippen molar-refractivity contribution in [2.75, 3.05) is 6.54 Å². The van der Waals surface area contributed by atoms with E-state index in [0.717, 1.165) is 27.0 Å². The highest BCUT2D eigenvalue weighted by Gasteiger charge is 2.34. The lowest BCUT2D eigenvalue weighted by Crippen LogP contribution is -2.50. The van der Waals surface area contributed by atoms with Crippen molar-refractivity contribution < 1.29 is 9.59 Å². The van der Waals surface area contributed by atoms with Gasteiger partial charge in [-0.05, 0) is 68.8 Å². The molecule has 0 fully saturated rings. The molecule has 0 unspecified atom stereocenters. The number of nitrogens with zero attached hydrogens (tertiary/aromatic N) is 4. The Labute approximate surface area is 209 Å². The van der Waals surface area contributed by atoms with Crippen molar-refractivity contribution in [3.63, 3.8) is 0 Å². The quantitative estimate of drug-likeness (QED) is 0.394. The minimum atomic E-state index is -0.736. The van der Waals surface area contributed by atoms with Gasteiger partial charge in [0.05, 0.1) is 5.52 Å². The Kier molecular flexibility index (Phi) is 7.31. The molecular formula is C27H31N5O2S. The van der Waals surface area contributed by atoms with Crippen LogP contribution in [0.5, 0.6) is 0 Å². The topological polar surface area (TPSA) is 80.1 Å². The minimum Gasteiger partial charge on any atom is -0.349 e. The zero-order chi connectivity index (χ0) is 25.0. The standard InChI is InChI=1S/C27H31N5O2S/c1-19-10-5-6-11-20(19)15-16-31(24(33)18-32-22-13-8-7-12-21(22)29-30-32)25(23-14-9-17-35-23)26(34)28-27(2,3)4/h5-14,17,25H,15-16,18H2,1-4H3,(H,28,34)/t25-/m1/s1. The first-order valence-corrected chi connectivity index (χ1v) is 12.6. The Hall–Kier alpha value is -3.52. The minimum absolute atomic E-state index is 0.00103. The Morgan fingerprint density at radius 3 is 2.51 bits per heavy atom. The van der Waals surface area contributed by atoms with E-state index in [2.05, 4.69) is 34.7 Å². The van der Waals surface area contributed by atoms with Gasteiger partial charge in [0.2, 0.25) is 11.8 Å². The molecule has 2 aromatic heterocycles. The van der Waals surface area contributed by atoms with E-state index < -0.39 is 11.6 Å². The molecule has 2 amide bonds. The summed E-state index contributed by atoms with van der Waals surface area (Å²) in [5.74, 6) is -0.377. The van der Waals surface area contributed by atoms with Gasteiger partial charge in [-0.1, -0.05) is 47.7 Å². The molecule has 1 atom stereocenters. The molecule has 35 heavy (non-hydrogen) atoms. The number of aromatic nitrogens is 3. The second-order valence-electron chi connectivity index (χ2n) is 9.66. The van der Waals surface area contributed by atoms with Crippen LogP contribution in [0.15, 0.2) is 66.0 Å². The van der Waals surface area contributed by atoms with Gasteiger partial charge in [-0.15, -0.1) is 16.4 Å². The van der Waals surface area contributed by atoms with Crippen LogP contribution in [0.2, 0.25) is 0 Å².